The Hall–Kier alpha value is -3.33. The zero-order valence-electron chi connectivity index (χ0n) is 16.4. The quantitative estimate of drug-likeness (QED) is 0.680. The third kappa shape index (κ3) is 4.98. The lowest BCUT2D eigenvalue weighted by molar-refractivity contribution is -0.119. The first-order valence-corrected chi connectivity index (χ1v) is 10.1. The Kier molecular flexibility index (Phi) is 6.73. The van der Waals surface area contributed by atoms with Crippen molar-refractivity contribution in [3.05, 3.63) is 53.6 Å². The number of amides is 2. The van der Waals surface area contributed by atoms with Crippen molar-refractivity contribution in [1.29, 1.82) is 0 Å². The summed E-state index contributed by atoms with van der Waals surface area (Å²) in [6.07, 6.45) is 0. The van der Waals surface area contributed by atoms with Crippen LogP contribution in [0.2, 0.25) is 0 Å². The van der Waals surface area contributed by atoms with Gasteiger partial charge in [0.25, 0.3) is 5.91 Å². The van der Waals surface area contributed by atoms with E-state index in [-0.39, 0.29) is 34.6 Å². The molecule has 2 amide bonds. The lowest BCUT2D eigenvalue weighted by Crippen LogP contribution is -2.26. The van der Waals surface area contributed by atoms with Crippen molar-refractivity contribution >= 4 is 46.9 Å². The molecule has 1 aliphatic heterocycles. The van der Waals surface area contributed by atoms with Gasteiger partial charge in [0.2, 0.25) is 5.91 Å². The molecule has 0 bridgehead atoms. The van der Waals surface area contributed by atoms with Crippen LogP contribution in [0.5, 0.6) is 0 Å². The molecule has 156 valence electrons. The van der Waals surface area contributed by atoms with Crippen LogP contribution in [0.3, 0.4) is 0 Å². The molecule has 8 nitrogen and oxygen atoms in total. The van der Waals surface area contributed by atoms with E-state index in [2.05, 4.69) is 10.6 Å². The molecule has 0 spiro atoms. The number of rotatable bonds is 6. The highest BCUT2D eigenvalue weighted by Crippen LogP contribution is 2.36. The average Bonchev–Trinajstić information content (AvgIpc) is 2.73. The molecule has 1 heterocycles. The average molecular weight is 428 g/mol. The van der Waals surface area contributed by atoms with Gasteiger partial charge in [-0.05, 0) is 44.2 Å². The van der Waals surface area contributed by atoms with Crippen molar-refractivity contribution in [2.45, 2.75) is 24.0 Å². The molecule has 2 aromatic rings. The summed E-state index contributed by atoms with van der Waals surface area (Å²) in [5.41, 5.74) is 1.21. The first-order chi connectivity index (χ1) is 14.4. The molecule has 0 unspecified atom stereocenters. The summed E-state index contributed by atoms with van der Waals surface area (Å²) < 4.78 is 10.0. The minimum Gasteiger partial charge on any atom is -0.462 e. The number of carbonyl (C=O) groups is 4. The number of ether oxygens (including phenoxy) is 2. The van der Waals surface area contributed by atoms with E-state index in [9.17, 15) is 19.2 Å². The predicted octanol–water partition coefficient (Wildman–Crippen LogP) is 3.09. The van der Waals surface area contributed by atoms with Gasteiger partial charge < -0.3 is 20.1 Å². The van der Waals surface area contributed by atoms with Gasteiger partial charge in [-0.25, -0.2) is 9.59 Å². The number of esters is 2. The normalized spacial score (nSPS) is 14.9. The molecule has 30 heavy (non-hydrogen) atoms. The van der Waals surface area contributed by atoms with Gasteiger partial charge in [0.1, 0.15) is 0 Å². The minimum absolute atomic E-state index is 0.141. The highest BCUT2D eigenvalue weighted by Gasteiger charge is 2.24. The Labute approximate surface area is 177 Å². The number of anilines is 2. The summed E-state index contributed by atoms with van der Waals surface area (Å²) >= 11 is 1.40. The fourth-order valence-electron chi connectivity index (χ4n) is 2.72. The van der Waals surface area contributed by atoms with E-state index >= 15 is 0 Å². The third-order valence-electron chi connectivity index (χ3n) is 4.18. The minimum atomic E-state index is -0.704. The van der Waals surface area contributed by atoms with Crippen LogP contribution in [-0.2, 0) is 19.1 Å². The SMILES string of the molecule is CCOC(=O)c1ccccc1NC(=O)COC(=O)c1ccc2c(c1)NC(=O)[C@H](C)S2. The van der Waals surface area contributed by atoms with E-state index in [1.807, 2.05) is 0 Å². The molecule has 9 heteroatoms. The van der Waals surface area contributed by atoms with Gasteiger partial charge in [-0.15, -0.1) is 11.8 Å². The van der Waals surface area contributed by atoms with Gasteiger partial charge >= 0.3 is 11.9 Å². The molecule has 0 saturated heterocycles. The molecule has 3 rings (SSSR count). The molecule has 2 N–H and O–H groups in total. The van der Waals surface area contributed by atoms with Gasteiger partial charge in [0, 0.05) is 4.90 Å². The maximum absolute atomic E-state index is 12.3. The summed E-state index contributed by atoms with van der Waals surface area (Å²) in [5, 5.41) is 5.07. The highest BCUT2D eigenvalue weighted by atomic mass is 32.2. The molecule has 1 atom stereocenters. The molecule has 0 aromatic heterocycles. The fourth-order valence-corrected chi connectivity index (χ4v) is 3.65. The summed E-state index contributed by atoms with van der Waals surface area (Å²) in [6, 6.07) is 11.2. The second kappa shape index (κ2) is 9.45. The summed E-state index contributed by atoms with van der Waals surface area (Å²) in [4.78, 5) is 49.1. The van der Waals surface area contributed by atoms with E-state index in [0.29, 0.717) is 5.69 Å². The molecule has 2 aromatic carbocycles. The van der Waals surface area contributed by atoms with Crippen molar-refractivity contribution in [2.75, 3.05) is 23.8 Å². The molecular weight excluding hydrogens is 408 g/mol. The first-order valence-electron chi connectivity index (χ1n) is 9.23. The number of hydrogen-bond acceptors (Lipinski definition) is 7. The molecule has 0 radical (unpaired) electrons. The van der Waals surface area contributed by atoms with Crippen molar-refractivity contribution in [2.24, 2.45) is 0 Å². The Morgan fingerprint density at radius 3 is 2.63 bits per heavy atom. The lowest BCUT2D eigenvalue weighted by atomic mass is 10.2. The number of carbonyl (C=O) groups excluding carboxylic acids is 4. The number of benzene rings is 2. The molecule has 0 saturated carbocycles. The molecule has 0 aliphatic carbocycles. The smallest absolute Gasteiger partial charge is 0.340 e. The van der Waals surface area contributed by atoms with Crippen molar-refractivity contribution in [3.63, 3.8) is 0 Å². The van der Waals surface area contributed by atoms with Gasteiger partial charge in [0.05, 0.1) is 34.4 Å². The van der Waals surface area contributed by atoms with E-state index in [1.165, 1.54) is 23.9 Å². The number of para-hydroxylation sites is 1. The van der Waals surface area contributed by atoms with Crippen LogP contribution >= 0.6 is 11.8 Å². The van der Waals surface area contributed by atoms with Crippen LogP contribution in [0, 0.1) is 0 Å². The topological polar surface area (TPSA) is 111 Å². The van der Waals surface area contributed by atoms with E-state index < -0.39 is 24.5 Å². The summed E-state index contributed by atoms with van der Waals surface area (Å²) in [5.74, 6) is -2.01. The monoisotopic (exact) mass is 428 g/mol. The van der Waals surface area contributed by atoms with Crippen LogP contribution in [-0.4, -0.2) is 42.2 Å². The fraction of sp³-hybridized carbons (Fsp3) is 0.238. The zero-order chi connectivity index (χ0) is 21.7. The van der Waals surface area contributed by atoms with Gasteiger partial charge in [-0.3, -0.25) is 9.59 Å². The highest BCUT2D eigenvalue weighted by molar-refractivity contribution is 8.00. The van der Waals surface area contributed by atoms with Crippen molar-refractivity contribution in [1.82, 2.24) is 0 Å². The second-order valence-electron chi connectivity index (χ2n) is 6.35. The summed E-state index contributed by atoms with van der Waals surface area (Å²) in [6.45, 7) is 3.15. The molecular formula is C21H20N2O6S. The van der Waals surface area contributed by atoms with Gasteiger partial charge in [-0.1, -0.05) is 12.1 Å². The van der Waals surface area contributed by atoms with Crippen LogP contribution in [0.25, 0.3) is 0 Å². The molecule has 0 fully saturated rings. The van der Waals surface area contributed by atoms with Gasteiger partial charge in [0.15, 0.2) is 6.61 Å². The van der Waals surface area contributed by atoms with Gasteiger partial charge in [-0.2, -0.15) is 0 Å². The maximum Gasteiger partial charge on any atom is 0.340 e. The Balaban J connectivity index is 1.61. The van der Waals surface area contributed by atoms with Crippen LogP contribution in [0.1, 0.15) is 34.6 Å². The number of hydrogen-bond donors (Lipinski definition) is 2. The first kappa shape index (κ1) is 21.4. The van der Waals surface area contributed by atoms with Crippen LogP contribution in [0.15, 0.2) is 47.4 Å². The maximum atomic E-state index is 12.3. The van der Waals surface area contributed by atoms with Crippen molar-refractivity contribution < 1.29 is 28.7 Å². The third-order valence-corrected chi connectivity index (χ3v) is 5.35. The van der Waals surface area contributed by atoms with Crippen molar-refractivity contribution in [3.8, 4) is 0 Å². The summed E-state index contributed by atoms with van der Waals surface area (Å²) in [7, 11) is 0. The van der Waals surface area contributed by atoms with Crippen LogP contribution in [0.4, 0.5) is 11.4 Å². The Bertz CT molecular complexity index is 1010. The number of thioether (sulfide) groups is 1. The van der Waals surface area contributed by atoms with Crippen LogP contribution < -0.4 is 10.6 Å². The second-order valence-corrected chi connectivity index (χ2v) is 7.73. The predicted molar refractivity (Wildman–Crippen MR) is 112 cm³/mol. The number of nitrogens with one attached hydrogen (secondary N) is 2. The molecule has 1 aliphatic rings. The standard InChI is InChI=1S/C21H20N2O6S/c1-3-28-21(27)14-6-4-5-7-15(14)22-18(24)11-29-20(26)13-8-9-17-16(10-13)23-19(25)12(2)30-17/h4-10,12H,3,11H2,1-2H3,(H,22,24)(H,23,25)/t12-/m0/s1. The van der Waals surface area contributed by atoms with E-state index in [4.69, 9.17) is 9.47 Å². The Morgan fingerprint density at radius 2 is 1.87 bits per heavy atom. The zero-order valence-corrected chi connectivity index (χ0v) is 17.2. The lowest BCUT2D eigenvalue weighted by Gasteiger charge is -2.21. The number of fused-ring (bicyclic) bond motifs is 1. The Morgan fingerprint density at radius 1 is 1.10 bits per heavy atom. The van der Waals surface area contributed by atoms with E-state index in [0.717, 1.165) is 4.90 Å². The van der Waals surface area contributed by atoms with E-state index in [1.54, 1.807) is 44.2 Å². The largest absolute Gasteiger partial charge is 0.462 e.